The van der Waals surface area contributed by atoms with E-state index in [9.17, 15) is 0 Å². The molecule has 1 aromatic carbocycles. The topological polar surface area (TPSA) is 37.8 Å². The Bertz CT molecular complexity index is 539. The molecule has 0 bridgehead atoms. The number of rotatable bonds is 3. The predicted octanol–water partition coefficient (Wildman–Crippen LogP) is 3.62. The fraction of sp³-hybridized carbons (Fsp3) is 0.467. The number of hydrogen-bond acceptors (Lipinski definition) is 3. The zero-order chi connectivity index (χ0) is 12.4. The van der Waals surface area contributed by atoms with Gasteiger partial charge in [0.05, 0.1) is 5.52 Å². The zero-order valence-corrected chi connectivity index (χ0v) is 10.8. The van der Waals surface area contributed by atoms with Crippen LogP contribution in [0, 0.1) is 5.41 Å². The van der Waals surface area contributed by atoms with Gasteiger partial charge in [0.1, 0.15) is 12.1 Å². The molecule has 0 radical (unpaired) electrons. The second kappa shape index (κ2) is 4.56. The Kier molecular flexibility index (Phi) is 2.90. The molecule has 1 saturated carbocycles. The first-order chi connectivity index (χ1) is 8.77. The van der Waals surface area contributed by atoms with E-state index in [2.05, 4.69) is 28.3 Å². The Hall–Kier alpha value is -1.64. The van der Waals surface area contributed by atoms with Crippen LogP contribution in [0.1, 0.15) is 32.6 Å². The SMILES string of the molecule is CC1(CNc2ncnc3ccccc23)CCCC1. The van der Waals surface area contributed by atoms with Gasteiger partial charge in [-0.25, -0.2) is 9.97 Å². The molecule has 2 aromatic rings. The molecule has 3 rings (SSSR count). The molecule has 18 heavy (non-hydrogen) atoms. The van der Waals surface area contributed by atoms with E-state index in [-0.39, 0.29) is 0 Å². The number of benzene rings is 1. The van der Waals surface area contributed by atoms with Crippen molar-refractivity contribution in [3.63, 3.8) is 0 Å². The standard InChI is InChI=1S/C15H19N3/c1-15(8-4-5-9-15)10-16-14-12-6-2-3-7-13(12)17-11-18-14/h2-3,6-7,11H,4-5,8-10H2,1H3,(H,16,17,18). The average molecular weight is 241 g/mol. The Morgan fingerprint density at radius 2 is 1.94 bits per heavy atom. The van der Waals surface area contributed by atoms with Crippen LogP contribution in [0.5, 0.6) is 0 Å². The van der Waals surface area contributed by atoms with Gasteiger partial charge in [-0.2, -0.15) is 0 Å². The molecule has 3 nitrogen and oxygen atoms in total. The lowest BCUT2D eigenvalue weighted by molar-refractivity contribution is 0.362. The van der Waals surface area contributed by atoms with Crippen LogP contribution in [-0.2, 0) is 0 Å². The van der Waals surface area contributed by atoms with Crippen molar-refractivity contribution in [2.45, 2.75) is 32.6 Å². The van der Waals surface area contributed by atoms with E-state index in [1.807, 2.05) is 18.2 Å². The Labute approximate surface area is 108 Å². The molecule has 94 valence electrons. The maximum Gasteiger partial charge on any atom is 0.137 e. The van der Waals surface area contributed by atoms with Crippen LogP contribution in [0.4, 0.5) is 5.82 Å². The molecule has 1 heterocycles. The van der Waals surface area contributed by atoms with E-state index in [0.29, 0.717) is 5.41 Å². The van der Waals surface area contributed by atoms with E-state index in [1.54, 1.807) is 6.33 Å². The summed E-state index contributed by atoms with van der Waals surface area (Å²) < 4.78 is 0. The van der Waals surface area contributed by atoms with E-state index < -0.39 is 0 Å². The smallest absolute Gasteiger partial charge is 0.137 e. The molecule has 1 aliphatic carbocycles. The first-order valence-corrected chi connectivity index (χ1v) is 6.71. The normalized spacial score (nSPS) is 18.1. The summed E-state index contributed by atoms with van der Waals surface area (Å²) in [7, 11) is 0. The maximum atomic E-state index is 4.38. The molecule has 1 N–H and O–H groups in total. The minimum absolute atomic E-state index is 0.437. The van der Waals surface area contributed by atoms with Crippen molar-refractivity contribution < 1.29 is 0 Å². The molecular weight excluding hydrogens is 222 g/mol. The van der Waals surface area contributed by atoms with Crippen LogP contribution in [0.2, 0.25) is 0 Å². The van der Waals surface area contributed by atoms with Gasteiger partial charge in [-0.15, -0.1) is 0 Å². The van der Waals surface area contributed by atoms with Gasteiger partial charge in [-0.1, -0.05) is 31.9 Å². The van der Waals surface area contributed by atoms with Crippen molar-refractivity contribution in [1.82, 2.24) is 9.97 Å². The van der Waals surface area contributed by atoms with Crippen molar-refractivity contribution in [1.29, 1.82) is 0 Å². The van der Waals surface area contributed by atoms with Crippen molar-refractivity contribution in [2.75, 3.05) is 11.9 Å². The van der Waals surface area contributed by atoms with Crippen LogP contribution in [0.15, 0.2) is 30.6 Å². The quantitative estimate of drug-likeness (QED) is 0.891. The van der Waals surface area contributed by atoms with Gasteiger partial charge in [0.2, 0.25) is 0 Å². The number of fused-ring (bicyclic) bond motifs is 1. The van der Waals surface area contributed by atoms with E-state index in [0.717, 1.165) is 23.3 Å². The van der Waals surface area contributed by atoms with Gasteiger partial charge in [0, 0.05) is 11.9 Å². The van der Waals surface area contributed by atoms with E-state index in [1.165, 1.54) is 25.7 Å². The molecule has 0 saturated heterocycles. The summed E-state index contributed by atoms with van der Waals surface area (Å²) in [6, 6.07) is 8.15. The summed E-state index contributed by atoms with van der Waals surface area (Å²) in [6.45, 7) is 3.38. The number of anilines is 1. The third kappa shape index (κ3) is 2.17. The largest absolute Gasteiger partial charge is 0.369 e. The highest BCUT2D eigenvalue weighted by Crippen LogP contribution is 2.37. The molecule has 0 atom stereocenters. The molecule has 1 aliphatic rings. The average Bonchev–Trinajstić information content (AvgIpc) is 2.84. The van der Waals surface area contributed by atoms with Gasteiger partial charge in [-0.3, -0.25) is 0 Å². The van der Waals surface area contributed by atoms with Crippen molar-refractivity contribution >= 4 is 16.7 Å². The highest BCUT2D eigenvalue weighted by Gasteiger charge is 2.28. The number of hydrogen-bond donors (Lipinski definition) is 1. The van der Waals surface area contributed by atoms with Crippen LogP contribution < -0.4 is 5.32 Å². The third-order valence-corrected chi connectivity index (χ3v) is 4.04. The summed E-state index contributed by atoms with van der Waals surface area (Å²) in [5.74, 6) is 0.966. The Morgan fingerprint density at radius 1 is 1.17 bits per heavy atom. The predicted molar refractivity (Wildman–Crippen MR) is 74.6 cm³/mol. The van der Waals surface area contributed by atoms with Crippen LogP contribution >= 0.6 is 0 Å². The second-order valence-electron chi connectivity index (χ2n) is 5.61. The summed E-state index contributed by atoms with van der Waals surface area (Å²) in [5, 5.41) is 4.63. The summed E-state index contributed by atoms with van der Waals surface area (Å²) in [5.41, 5.74) is 1.44. The van der Waals surface area contributed by atoms with Gasteiger partial charge >= 0.3 is 0 Å². The van der Waals surface area contributed by atoms with Crippen molar-refractivity contribution in [2.24, 2.45) is 5.41 Å². The fourth-order valence-electron chi connectivity index (χ4n) is 2.85. The number of para-hydroxylation sites is 1. The van der Waals surface area contributed by atoms with Gasteiger partial charge < -0.3 is 5.32 Å². The fourth-order valence-corrected chi connectivity index (χ4v) is 2.85. The van der Waals surface area contributed by atoms with Gasteiger partial charge in [0.25, 0.3) is 0 Å². The van der Waals surface area contributed by atoms with Crippen molar-refractivity contribution in [3.8, 4) is 0 Å². The molecule has 1 fully saturated rings. The highest BCUT2D eigenvalue weighted by atomic mass is 15.0. The number of aromatic nitrogens is 2. The summed E-state index contributed by atoms with van der Waals surface area (Å²) in [6.07, 6.45) is 7.01. The van der Waals surface area contributed by atoms with Gasteiger partial charge in [-0.05, 0) is 30.4 Å². The monoisotopic (exact) mass is 241 g/mol. The molecule has 0 amide bonds. The molecule has 3 heteroatoms. The maximum absolute atomic E-state index is 4.38. The minimum Gasteiger partial charge on any atom is -0.369 e. The number of nitrogens with one attached hydrogen (secondary N) is 1. The Morgan fingerprint density at radius 3 is 2.78 bits per heavy atom. The lowest BCUT2D eigenvalue weighted by atomic mass is 9.89. The van der Waals surface area contributed by atoms with Crippen molar-refractivity contribution in [3.05, 3.63) is 30.6 Å². The molecule has 0 unspecified atom stereocenters. The molecular formula is C15H19N3. The molecule has 0 aliphatic heterocycles. The first-order valence-electron chi connectivity index (χ1n) is 6.71. The lowest BCUT2D eigenvalue weighted by Gasteiger charge is -2.24. The van der Waals surface area contributed by atoms with E-state index in [4.69, 9.17) is 0 Å². The lowest BCUT2D eigenvalue weighted by Crippen LogP contribution is -2.23. The molecule has 0 spiro atoms. The minimum atomic E-state index is 0.437. The number of nitrogens with zero attached hydrogens (tertiary/aromatic N) is 2. The molecule has 1 aromatic heterocycles. The van der Waals surface area contributed by atoms with Crippen LogP contribution in [0.25, 0.3) is 10.9 Å². The summed E-state index contributed by atoms with van der Waals surface area (Å²) in [4.78, 5) is 8.66. The van der Waals surface area contributed by atoms with Crippen LogP contribution in [0.3, 0.4) is 0 Å². The zero-order valence-electron chi connectivity index (χ0n) is 10.8. The third-order valence-electron chi connectivity index (χ3n) is 4.04. The van der Waals surface area contributed by atoms with E-state index >= 15 is 0 Å². The second-order valence-corrected chi connectivity index (χ2v) is 5.61. The highest BCUT2D eigenvalue weighted by molar-refractivity contribution is 5.88. The van der Waals surface area contributed by atoms with Crippen LogP contribution in [-0.4, -0.2) is 16.5 Å². The summed E-state index contributed by atoms with van der Waals surface area (Å²) >= 11 is 0. The van der Waals surface area contributed by atoms with Gasteiger partial charge in [0.15, 0.2) is 0 Å². The first kappa shape index (κ1) is 11.5. The Balaban J connectivity index is 1.82.